The molecule has 2 aromatic heterocycles. The molecule has 0 amide bonds. The number of hydrogen-bond acceptors (Lipinski definition) is 3. The number of fused-ring (bicyclic) bond motifs is 1. The van der Waals surface area contributed by atoms with E-state index in [1.54, 1.807) is 4.88 Å². The van der Waals surface area contributed by atoms with Crippen LogP contribution in [0.25, 0.3) is 9.53 Å². The van der Waals surface area contributed by atoms with Gasteiger partial charge in [-0.25, -0.2) is 4.98 Å². The second kappa shape index (κ2) is 11.1. The van der Waals surface area contributed by atoms with Crippen molar-refractivity contribution in [1.29, 1.82) is 0 Å². The number of hydrogen-bond donors (Lipinski definition) is 0. The highest BCUT2D eigenvalue weighted by Crippen LogP contribution is 2.42. The molecule has 2 heterocycles. The van der Waals surface area contributed by atoms with Gasteiger partial charge in [0.2, 0.25) is 0 Å². The molecule has 4 rings (SSSR count). The zero-order valence-electron chi connectivity index (χ0n) is 17.7. The summed E-state index contributed by atoms with van der Waals surface area (Å²) in [6, 6.07) is 2.54. The molecule has 2 fully saturated rings. The fourth-order valence-electron chi connectivity index (χ4n) is 5.30. The molecule has 28 heavy (non-hydrogen) atoms. The first-order valence-corrected chi connectivity index (χ1v) is 13.9. The van der Waals surface area contributed by atoms with E-state index in [0.29, 0.717) is 0 Å². The van der Waals surface area contributed by atoms with Crippen LogP contribution in [0.15, 0.2) is 6.07 Å². The van der Waals surface area contributed by atoms with Gasteiger partial charge in [0.15, 0.2) is 0 Å². The van der Waals surface area contributed by atoms with Gasteiger partial charge in [-0.3, -0.25) is 0 Å². The minimum Gasteiger partial charge on any atom is -0.230 e. The molecule has 2 saturated carbocycles. The van der Waals surface area contributed by atoms with Gasteiger partial charge in [0.1, 0.15) is 4.83 Å². The fourth-order valence-corrected chi connectivity index (χ4v) is 7.87. The van der Waals surface area contributed by atoms with Gasteiger partial charge in [-0.1, -0.05) is 89.9 Å². The van der Waals surface area contributed by atoms with Gasteiger partial charge >= 0.3 is 0 Å². The Labute approximate surface area is 180 Å². The molecule has 3 heteroatoms. The zero-order valence-corrected chi connectivity index (χ0v) is 19.4. The summed E-state index contributed by atoms with van der Waals surface area (Å²) in [5, 5.41) is 1.46. The van der Waals surface area contributed by atoms with Crippen molar-refractivity contribution in [3.8, 4) is 0 Å². The van der Waals surface area contributed by atoms with E-state index in [9.17, 15) is 0 Å². The molecule has 0 saturated heterocycles. The molecule has 0 aliphatic heterocycles. The van der Waals surface area contributed by atoms with Crippen LogP contribution in [0.5, 0.6) is 0 Å². The average molecular weight is 418 g/mol. The maximum Gasteiger partial charge on any atom is 0.134 e. The second-order valence-electron chi connectivity index (χ2n) is 9.37. The first-order valence-electron chi connectivity index (χ1n) is 12.3. The lowest BCUT2D eigenvalue weighted by atomic mass is 9.94. The minimum absolute atomic E-state index is 0.739. The smallest absolute Gasteiger partial charge is 0.134 e. The van der Waals surface area contributed by atoms with Crippen LogP contribution in [-0.2, 0) is 0 Å². The van der Waals surface area contributed by atoms with Gasteiger partial charge in [0.05, 0.1) is 9.71 Å². The number of rotatable bonds is 2. The van der Waals surface area contributed by atoms with E-state index < -0.39 is 0 Å². The van der Waals surface area contributed by atoms with E-state index >= 15 is 0 Å². The molecule has 0 radical (unpaired) electrons. The molecular weight excluding hydrogens is 378 g/mol. The fraction of sp³-hybridized carbons (Fsp3) is 0.800. The van der Waals surface area contributed by atoms with E-state index in [4.69, 9.17) is 4.98 Å². The first kappa shape index (κ1) is 20.8. The van der Waals surface area contributed by atoms with Gasteiger partial charge < -0.3 is 0 Å². The van der Waals surface area contributed by atoms with Crippen LogP contribution < -0.4 is 0 Å². The van der Waals surface area contributed by atoms with Gasteiger partial charge in [-0.2, -0.15) is 0 Å². The molecule has 2 aromatic rings. The standard InChI is InChI=1S/C25H39NS2/c1-2-4-8-12-16-20(15-11-7-3-1)22-19-23-25(27-22)26-24(28-23)21-17-13-9-5-6-10-14-18-21/h19-21H,1-18H2. The lowest BCUT2D eigenvalue weighted by molar-refractivity contribution is 0.520. The molecule has 0 N–H and O–H groups in total. The Kier molecular flexibility index (Phi) is 8.27. The average Bonchev–Trinajstić information content (AvgIpc) is 3.27. The second-order valence-corrected chi connectivity index (χ2v) is 11.5. The Morgan fingerprint density at radius 1 is 0.571 bits per heavy atom. The van der Waals surface area contributed by atoms with Crippen molar-refractivity contribution in [3.05, 3.63) is 16.0 Å². The summed E-state index contributed by atoms with van der Waals surface area (Å²) in [6.45, 7) is 0. The van der Waals surface area contributed by atoms with E-state index in [1.165, 1.54) is 130 Å². The highest BCUT2D eigenvalue weighted by atomic mass is 32.1. The van der Waals surface area contributed by atoms with Crippen LogP contribution in [0.2, 0.25) is 0 Å². The summed E-state index contributed by atoms with van der Waals surface area (Å²) in [6.07, 6.45) is 25.7. The third-order valence-electron chi connectivity index (χ3n) is 7.09. The maximum atomic E-state index is 5.18. The molecule has 0 bridgehead atoms. The summed E-state index contributed by atoms with van der Waals surface area (Å²) in [5.41, 5.74) is 0. The highest BCUT2D eigenvalue weighted by Gasteiger charge is 2.21. The van der Waals surface area contributed by atoms with Crippen molar-refractivity contribution in [2.24, 2.45) is 0 Å². The van der Waals surface area contributed by atoms with E-state index in [2.05, 4.69) is 6.07 Å². The number of thiophene rings is 1. The van der Waals surface area contributed by atoms with Gasteiger partial charge in [0, 0.05) is 10.8 Å². The molecular formula is C25H39NS2. The van der Waals surface area contributed by atoms with E-state index in [1.807, 2.05) is 22.7 Å². The summed E-state index contributed by atoms with van der Waals surface area (Å²) < 4.78 is 1.49. The lowest BCUT2D eigenvalue weighted by Crippen LogP contribution is -1.98. The van der Waals surface area contributed by atoms with Crippen LogP contribution in [0.1, 0.15) is 137 Å². The number of thiazole rings is 1. The molecule has 2 aliphatic carbocycles. The van der Waals surface area contributed by atoms with E-state index in [0.717, 1.165) is 11.8 Å². The van der Waals surface area contributed by atoms with Gasteiger partial charge in [-0.05, 0) is 37.7 Å². The highest BCUT2D eigenvalue weighted by molar-refractivity contribution is 7.27. The normalized spacial score (nSPS) is 23.0. The number of aromatic nitrogens is 1. The Hall–Kier alpha value is -0.410. The van der Waals surface area contributed by atoms with Crippen LogP contribution in [-0.4, -0.2) is 4.98 Å². The van der Waals surface area contributed by atoms with Crippen molar-refractivity contribution in [2.75, 3.05) is 0 Å². The van der Waals surface area contributed by atoms with Crippen LogP contribution in [0.4, 0.5) is 0 Å². The molecule has 0 aromatic carbocycles. The monoisotopic (exact) mass is 417 g/mol. The maximum absolute atomic E-state index is 5.18. The molecule has 1 nitrogen and oxygen atoms in total. The summed E-state index contributed by atoms with van der Waals surface area (Å²) in [4.78, 5) is 8.18. The van der Waals surface area contributed by atoms with Gasteiger partial charge in [-0.15, -0.1) is 22.7 Å². The lowest BCUT2D eigenvalue weighted by Gasteiger charge is -2.15. The summed E-state index contributed by atoms with van der Waals surface area (Å²) in [7, 11) is 0. The van der Waals surface area contributed by atoms with Crippen molar-refractivity contribution >= 4 is 32.2 Å². The Balaban J connectivity index is 1.44. The van der Waals surface area contributed by atoms with Gasteiger partial charge in [0.25, 0.3) is 0 Å². The molecule has 0 atom stereocenters. The number of nitrogens with zero attached hydrogens (tertiary/aromatic N) is 1. The Morgan fingerprint density at radius 3 is 1.54 bits per heavy atom. The van der Waals surface area contributed by atoms with Crippen LogP contribution >= 0.6 is 22.7 Å². The first-order chi connectivity index (χ1) is 13.9. The van der Waals surface area contributed by atoms with Crippen molar-refractivity contribution in [2.45, 2.75) is 127 Å². The van der Waals surface area contributed by atoms with Crippen molar-refractivity contribution in [1.82, 2.24) is 4.98 Å². The van der Waals surface area contributed by atoms with Crippen molar-refractivity contribution < 1.29 is 0 Å². The Bertz CT molecular complexity index is 647. The summed E-state index contributed by atoms with van der Waals surface area (Å²) >= 11 is 4.07. The zero-order chi connectivity index (χ0) is 19.0. The SMILES string of the molecule is c1c(C2CCCCCCCCCC2)sc2nc(C3CCCCCCCC3)sc12. The molecule has 0 spiro atoms. The molecule has 156 valence electrons. The topological polar surface area (TPSA) is 12.9 Å². The van der Waals surface area contributed by atoms with Crippen LogP contribution in [0.3, 0.4) is 0 Å². The predicted octanol–water partition coefficient (Wildman–Crippen LogP) is 9.57. The third-order valence-corrected chi connectivity index (χ3v) is 9.57. The minimum atomic E-state index is 0.739. The predicted molar refractivity (Wildman–Crippen MR) is 126 cm³/mol. The van der Waals surface area contributed by atoms with E-state index in [-0.39, 0.29) is 0 Å². The molecule has 2 aliphatic rings. The molecule has 0 unspecified atom stereocenters. The van der Waals surface area contributed by atoms with Crippen molar-refractivity contribution in [3.63, 3.8) is 0 Å². The third kappa shape index (κ3) is 5.81. The Morgan fingerprint density at radius 2 is 1.04 bits per heavy atom. The largest absolute Gasteiger partial charge is 0.230 e. The van der Waals surface area contributed by atoms with Crippen LogP contribution in [0, 0.1) is 0 Å². The summed E-state index contributed by atoms with van der Waals surface area (Å²) in [5.74, 6) is 1.54. The quantitative estimate of drug-likeness (QED) is 0.474.